The first-order valence-electron chi connectivity index (χ1n) is 5.01. The van der Waals surface area contributed by atoms with Crippen LogP contribution in [0.2, 0.25) is 0 Å². The minimum Gasteiger partial charge on any atom is -0.404 e. The van der Waals surface area contributed by atoms with E-state index >= 15 is 0 Å². The second kappa shape index (κ2) is 5.54. The summed E-state index contributed by atoms with van der Waals surface area (Å²) in [6, 6.07) is 1.36. The minimum atomic E-state index is -5.20. The lowest BCUT2D eigenvalue weighted by Crippen LogP contribution is -2.22. The summed E-state index contributed by atoms with van der Waals surface area (Å²) in [4.78, 5) is 3.21. The van der Waals surface area contributed by atoms with Gasteiger partial charge in [-0.05, 0) is 0 Å². The summed E-state index contributed by atoms with van der Waals surface area (Å²) in [7, 11) is 0. The van der Waals surface area contributed by atoms with Gasteiger partial charge < -0.3 is 10.5 Å². The highest BCUT2D eigenvalue weighted by Crippen LogP contribution is 2.39. The summed E-state index contributed by atoms with van der Waals surface area (Å²) in [6.07, 6.45) is -10.6. The van der Waals surface area contributed by atoms with Crippen molar-refractivity contribution in [2.75, 3.05) is 0 Å². The first kappa shape index (κ1) is 16.0. The Hall–Kier alpha value is -2.02. The molecule has 0 atom stereocenters. The maximum absolute atomic E-state index is 12.9. The Balaban J connectivity index is 3.52. The fourth-order valence-electron chi connectivity index (χ4n) is 1.53. The van der Waals surface area contributed by atoms with E-state index < -0.39 is 48.1 Å². The van der Waals surface area contributed by atoms with Crippen LogP contribution in [0.5, 0.6) is 5.75 Å². The number of hydrogen-bond donors (Lipinski definition) is 1. The van der Waals surface area contributed by atoms with Gasteiger partial charge in [0, 0.05) is 12.1 Å². The fourth-order valence-corrected chi connectivity index (χ4v) is 1.53. The van der Waals surface area contributed by atoms with Crippen LogP contribution in [0.1, 0.15) is 16.8 Å². The number of nitrogens with zero attached hydrogens (tertiary/aromatic N) is 2. The van der Waals surface area contributed by atoms with E-state index in [1.54, 1.807) is 0 Å². The van der Waals surface area contributed by atoms with E-state index in [0.29, 0.717) is 6.20 Å². The van der Waals surface area contributed by atoms with Gasteiger partial charge in [0.15, 0.2) is 5.75 Å². The SMILES string of the molecule is N#CCc1c(OC(F)(F)F)cnc(CN)c1C(F)(F)F. The number of alkyl halides is 6. The van der Waals surface area contributed by atoms with Crippen molar-refractivity contribution in [3.05, 3.63) is 23.0 Å². The summed E-state index contributed by atoms with van der Waals surface area (Å²) in [6.45, 7) is -0.639. The quantitative estimate of drug-likeness (QED) is 0.870. The molecule has 0 aliphatic heterocycles. The maximum Gasteiger partial charge on any atom is 0.573 e. The first-order valence-corrected chi connectivity index (χ1v) is 5.01. The molecule has 2 N–H and O–H groups in total. The predicted molar refractivity (Wildman–Crippen MR) is 53.1 cm³/mol. The molecule has 0 bridgehead atoms. The molecule has 1 rings (SSSR count). The van der Waals surface area contributed by atoms with Crippen LogP contribution in [0.4, 0.5) is 26.3 Å². The summed E-state index contributed by atoms with van der Waals surface area (Å²) in [5.41, 5.74) is 2.02. The topological polar surface area (TPSA) is 71.9 Å². The second-order valence-electron chi connectivity index (χ2n) is 3.51. The molecule has 0 aliphatic carbocycles. The van der Waals surface area contributed by atoms with E-state index in [0.717, 1.165) is 0 Å². The van der Waals surface area contributed by atoms with E-state index in [1.807, 2.05) is 0 Å². The monoisotopic (exact) mass is 299 g/mol. The normalized spacial score (nSPS) is 12.1. The molecule has 110 valence electrons. The maximum atomic E-state index is 12.9. The minimum absolute atomic E-state index is 0.470. The van der Waals surface area contributed by atoms with Crippen LogP contribution in [0.25, 0.3) is 0 Å². The largest absolute Gasteiger partial charge is 0.573 e. The van der Waals surface area contributed by atoms with E-state index in [9.17, 15) is 26.3 Å². The molecule has 0 unspecified atom stereocenters. The highest BCUT2D eigenvalue weighted by molar-refractivity contribution is 5.44. The Bertz CT molecular complexity index is 532. The van der Waals surface area contributed by atoms with Gasteiger partial charge in [0.05, 0.1) is 29.9 Å². The molecule has 0 aromatic carbocycles. The molecular weight excluding hydrogens is 292 g/mol. The first-order chi connectivity index (χ1) is 9.10. The molecule has 0 fully saturated rings. The summed E-state index contributed by atoms with van der Waals surface area (Å²) in [5.74, 6) is -1.16. The van der Waals surface area contributed by atoms with E-state index in [-0.39, 0.29) is 0 Å². The lowest BCUT2D eigenvalue weighted by atomic mass is 10.0. The summed E-state index contributed by atoms with van der Waals surface area (Å²) < 4.78 is 78.5. The molecule has 0 radical (unpaired) electrons. The number of ether oxygens (including phenoxy) is 1. The van der Waals surface area contributed by atoms with Crippen molar-refractivity contribution in [1.29, 1.82) is 5.26 Å². The lowest BCUT2D eigenvalue weighted by molar-refractivity contribution is -0.275. The van der Waals surface area contributed by atoms with Crippen molar-refractivity contribution in [3.63, 3.8) is 0 Å². The van der Waals surface area contributed by atoms with Gasteiger partial charge >= 0.3 is 12.5 Å². The number of pyridine rings is 1. The van der Waals surface area contributed by atoms with Crippen LogP contribution in [-0.2, 0) is 19.1 Å². The molecule has 1 aromatic rings. The van der Waals surface area contributed by atoms with E-state index in [4.69, 9.17) is 11.0 Å². The molecule has 1 heterocycles. The van der Waals surface area contributed by atoms with Crippen molar-refractivity contribution >= 4 is 0 Å². The molecule has 0 saturated heterocycles. The Kier molecular flexibility index (Phi) is 4.44. The Labute approximate surface area is 108 Å². The second-order valence-corrected chi connectivity index (χ2v) is 3.51. The van der Waals surface area contributed by atoms with E-state index in [1.165, 1.54) is 6.07 Å². The van der Waals surface area contributed by atoms with Gasteiger partial charge in [-0.2, -0.15) is 18.4 Å². The summed E-state index contributed by atoms with van der Waals surface area (Å²) >= 11 is 0. The lowest BCUT2D eigenvalue weighted by Gasteiger charge is -2.18. The zero-order valence-electron chi connectivity index (χ0n) is 9.64. The van der Waals surface area contributed by atoms with Crippen LogP contribution in [0.3, 0.4) is 0 Å². The third-order valence-electron chi connectivity index (χ3n) is 2.18. The number of hydrogen-bond acceptors (Lipinski definition) is 4. The van der Waals surface area contributed by atoms with Crippen molar-refractivity contribution in [3.8, 4) is 11.8 Å². The van der Waals surface area contributed by atoms with Crippen LogP contribution in [-0.4, -0.2) is 11.3 Å². The van der Waals surface area contributed by atoms with Crippen molar-refractivity contribution in [1.82, 2.24) is 4.98 Å². The zero-order chi connectivity index (χ0) is 15.6. The Morgan fingerprint density at radius 1 is 1.25 bits per heavy atom. The van der Waals surface area contributed by atoms with Gasteiger partial charge in [-0.15, -0.1) is 13.2 Å². The third kappa shape index (κ3) is 3.74. The molecule has 4 nitrogen and oxygen atoms in total. The molecule has 0 spiro atoms. The molecule has 0 amide bonds. The number of nitrogens with two attached hydrogens (primary N) is 1. The average molecular weight is 299 g/mol. The number of halogens is 6. The number of aromatic nitrogens is 1. The van der Waals surface area contributed by atoms with Gasteiger partial charge in [0.1, 0.15) is 0 Å². The molecule has 1 aromatic heterocycles. The Morgan fingerprint density at radius 3 is 2.25 bits per heavy atom. The Morgan fingerprint density at radius 2 is 1.85 bits per heavy atom. The van der Waals surface area contributed by atoms with Crippen molar-refractivity contribution in [2.24, 2.45) is 5.73 Å². The molecular formula is C10H7F6N3O. The van der Waals surface area contributed by atoms with Crippen molar-refractivity contribution < 1.29 is 31.1 Å². The van der Waals surface area contributed by atoms with Crippen LogP contribution in [0.15, 0.2) is 6.20 Å². The van der Waals surface area contributed by atoms with Gasteiger partial charge in [-0.25, -0.2) is 0 Å². The van der Waals surface area contributed by atoms with Crippen molar-refractivity contribution in [2.45, 2.75) is 25.5 Å². The highest BCUT2D eigenvalue weighted by Gasteiger charge is 2.40. The summed E-state index contributed by atoms with van der Waals surface area (Å²) in [5, 5.41) is 8.49. The average Bonchev–Trinajstić information content (AvgIpc) is 2.27. The molecule has 20 heavy (non-hydrogen) atoms. The van der Waals surface area contributed by atoms with Crippen LogP contribution < -0.4 is 10.5 Å². The van der Waals surface area contributed by atoms with Gasteiger partial charge in [0.2, 0.25) is 0 Å². The van der Waals surface area contributed by atoms with Gasteiger partial charge in [-0.1, -0.05) is 0 Å². The van der Waals surface area contributed by atoms with Crippen LogP contribution in [0, 0.1) is 11.3 Å². The zero-order valence-corrected chi connectivity index (χ0v) is 9.64. The van der Waals surface area contributed by atoms with Gasteiger partial charge in [0.25, 0.3) is 0 Å². The standard InChI is InChI=1S/C10H7F6N3O/c11-9(12,13)8-5(1-2-17)7(20-10(14,15)16)4-19-6(8)3-18/h4H,1,3,18H2. The van der Waals surface area contributed by atoms with E-state index in [2.05, 4.69) is 9.72 Å². The number of rotatable bonds is 3. The highest BCUT2D eigenvalue weighted by atomic mass is 19.4. The van der Waals surface area contributed by atoms with Crippen LogP contribution >= 0.6 is 0 Å². The number of nitriles is 1. The smallest absolute Gasteiger partial charge is 0.404 e. The third-order valence-corrected chi connectivity index (χ3v) is 2.18. The molecule has 0 aliphatic rings. The predicted octanol–water partition coefficient (Wildman–Crippen LogP) is 2.52. The van der Waals surface area contributed by atoms with Gasteiger partial charge in [-0.3, -0.25) is 4.98 Å². The fraction of sp³-hybridized carbons (Fsp3) is 0.400. The molecule has 10 heteroatoms. The molecule has 0 saturated carbocycles.